The van der Waals surface area contributed by atoms with Crippen LogP contribution in [-0.4, -0.2) is 18.1 Å². The molecule has 70 valence electrons. The van der Waals surface area contributed by atoms with Gasteiger partial charge in [-0.05, 0) is 6.07 Å². The van der Waals surface area contributed by atoms with Gasteiger partial charge in [0.1, 0.15) is 0 Å². The Morgan fingerprint density at radius 1 is 1.69 bits per heavy atom. The van der Waals surface area contributed by atoms with Gasteiger partial charge in [-0.3, -0.25) is 4.79 Å². The van der Waals surface area contributed by atoms with Gasteiger partial charge in [0, 0.05) is 10.5 Å². The van der Waals surface area contributed by atoms with Gasteiger partial charge in [0.25, 0.3) is 0 Å². The summed E-state index contributed by atoms with van der Waals surface area (Å²) in [5, 5.41) is 0. The first-order valence-electron chi connectivity index (χ1n) is 3.50. The first-order valence-corrected chi connectivity index (χ1v) is 4.30. The molecular formula is C8H7BrFNO2. The van der Waals surface area contributed by atoms with Crippen molar-refractivity contribution in [2.24, 2.45) is 0 Å². The predicted octanol–water partition coefficient (Wildman–Crippen LogP) is 1.70. The van der Waals surface area contributed by atoms with E-state index in [0.29, 0.717) is 10.2 Å². The molecule has 1 aromatic rings. The fourth-order valence-electron chi connectivity index (χ4n) is 0.827. The predicted molar refractivity (Wildman–Crippen MR) is 47.6 cm³/mol. The molecular weight excluding hydrogens is 241 g/mol. The van der Waals surface area contributed by atoms with Crippen LogP contribution in [0.1, 0.15) is 5.69 Å². The highest BCUT2D eigenvalue weighted by Gasteiger charge is 2.06. The van der Waals surface area contributed by atoms with Gasteiger partial charge in [-0.1, -0.05) is 15.9 Å². The Labute approximate surface area is 83.1 Å². The van der Waals surface area contributed by atoms with Gasteiger partial charge >= 0.3 is 5.97 Å². The Morgan fingerprint density at radius 3 is 2.92 bits per heavy atom. The van der Waals surface area contributed by atoms with E-state index < -0.39 is 11.9 Å². The summed E-state index contributed by atoms with van der Waals surface area (Å²) in [7, 11) is 1.27. The van der Waals surface area contributed by atoms with Gasteiger partial charge in [-0.25, -0.2) is 4.98 Å². The summed E-state index contributed by atoms with van der Waals surface area (Å²) in [6.45, 7) is 0. The van der Waals surface area contributed by atoms with Crippen molar-refractivity contribution in [3.05, 3.63) is 28.2 Å². The van der Waals surface area contributed by atoms with Gasteiger partial charge in [0.05, 0.1) is 19.2 Å². The van der Waals surface area contributed by atoms with Crippen LogP contribution < -0.4 is 0 Å². The first kappa shape index (κ1) is 10.1. The number of hydrogen-bond acceptors (Lipinski definition) is 3. The quantitative estimate of drug-likeness (QED) is 0.590. The Kier molecular flexibility index (Phi) is 3.36. The molecule has 0 saturated carbocycles. The second-order valence-corrected chi connectivity index (χ2v) is 3.27. The van der Waals surface area contributed by atoms with E-state index >= 15 is 0 Å². The molecule has 13 heavy (non-hydrogen) atoms. The lowest BCUT2D eigenvalue weighted by Crippen LogP contribution is -2.06. The van der Waals surface area contributed by atoms with Gasteiger partial charge in [0.15, 0.2) is 0 Å². The Balaban J connectivity index is 2.83. The van der Waals surface area contributed by atoms with Crippen LogP contribution >= 0.6 is 15.9 Å². The van der Waals surface area contributed by atoms with Crippen LogP contribution in [0.4, 0.5) is 4.39 Å². The molecule has 0 aliphatic carbocycles. The number of nitrogens with zero attached hydrogens (tertiary/aromatic N) is 1. The number of hydrogen-bond donors (Lipinski definition) is 0. The summed E-state index contributed by atoms with van der Waals surface area (Å²) >= 11 is 3.09. The number of pyridine rings is 1. The normalized spacial score (nSPS) is 9.77. The highest BCUT2D eigenvalue weighted by Crippen LogP contribution is 2.12. The molecule has 0 atom stereocenters. The molecule has 0 amide bonds. The fraction of sp³-hybridized carbons (Fsp3) is 0.250. The van der Waals surface area contributed by atoms with Crippen molar-refractivity contribution in [3.8, 4) is 0 Å². The monoisotopic (exact) mass is 247 g/mol. The van der Waals surface area contributed by atoms with E-state index in [1.54, 1.807) is 6.07 Å². The number of aromatic nitrogens is 1. The number of methoxy groups -OCH3 is 1. The zero-order valence-electron chi connectivity index (χ0n) is 6.88. The maximum Gasteiger partial charge on any atom is 0.311 e. The lowest BCUT2D eigenvalue weighted by molar-refractivity contribution is -0.139. The van der Waals surface area contributed by atoms with Crippen LogP contribution in [-0.2, 0) is 16.0 Å². The lowest BCUT2D eigenvalue weighted by Gasteiger charge is -1.99. The van der Waals surface area contributed by atoms with Crippen LogP contribution in [0.5, 0.6) is 0 Å². The van der Waals surface area contributed by atoms with Crippen molar-refractivity contribution < 1.29 is 13.9 Å². The number of carbonyl (C=O) groups is 1. The van der Waals surface area contributed by atoms with Gasteiger partial charge in [0.2, 0.25) is 5.95 Å². The van der Waals surface area contributed by atoms with Crippen molar-refractivity contribution in [1.29, 1.82) is 0 Å². The van der Waals surface area contributed by atoms with E-state index in [0.717, 1.165) is 0 Å². The maximum atomic E-state index is 12.7. The molecule has 0 radical (unpaired) electrons. The van der Waals surface area contributed by atoms with Crippen LogP contribution in [0, 0.1) is 5.95 Å². The number of halogens is 2. The Morgan fingerprint density at radius 2 is 2.38 bits per heavy atom. The highest BCUT2D eigenvalue weighted by molar-refractivity contribution is 9.10. The van der Waals surface area contributed by atoms with E-state index in [1.165, 1.54) is 13.2 Å². The van der Waals surface area contributed by atoms with Crippen LogP contribution in [0.15, 0.2) is 16.6 Å². The van der Waals surface area contributed by atoms with E-state index in [2.05, 4.69) is 25.7 Å². The largest absolute Gasteiger partial charge is 0.469 e. The first-order chi connectivity index (χ1) is 6.11. The summed E-state index contributed by atoms with van der Waals surface area (Å²) in [6, 6.07) is 2.79. The molecule has 0 bridgehead atoms. The molecule has 1 rings (SSSR count). The van der Waals surface area contributed by atoms with Crippen molar-refractivity contribution in [1.82, 2.24) is 4.98 Å². The van der Waals surface area contributed by atoms with Crippen LogP contribution in [0.2, 0.25) is 0 Å². The van der Waals surface area contributed by atoms with Crippen LogP contribution in [0.3, 0.4) is 0 Å². The molecule has 3 nitrogen and oxygen atoms in total. The highest BCUT2D eigenvalue weighted by atomic mass is 79.9. The Bertz CT molecular complexity index is 310. The summed E-state index contributed by atoms with van der Waals surface area (Å²) in [5.74, 6) is -1.06. The van der Waals surface area contributed by atoms with Crippen molar-refractivity contribution in [2.75, 3.05) is 7.11 Å². The van der Waals surface area contributed by atoms with Crippen molar-refractivity contribution in [2.45, 2.75) is 6.42 Å². The third-order valence-electron chi connectivity index (χ3n) is 1.37. The minimum Gasteiger partial charge on any atom is -0.469 e. The molecule has 1 heterocycles. The number of carbonyl (C=O) groups excluding carboxylic acids is 1. The molecule has 0 aliphatic rings. The van der Waals surface area contributed by atoms with Crippen LogP contribution in [0.25, 0.3) is 0 Å². The Hall–Kier alpha value is -0.970. The number of esters is 1. The topological polar surface area (TPSA) is 39.2 Å². The summed E-state index contributed by atoms with van der Waals surface area (Å²) < 4.78 is 17.7. The third-order valence-corrected chi connectivity index (χ3v) is 1.82. The van der Waals surface area contributed by atoms with E-state index in [-0.39, 0.29) is 6.42 Å². The molecule has 0 unspecified atom stereocenters. The van der Waals surface area contributed by atoms with Gasteiger partial charge in [-0.15, -0.1) is 0 Å². The maximum absolute atomic E-state index is 12.7. The molecule has 1 aromatic heterocycles. The third kappa shape index (κ3) is 3.10. The summed E-state index contributed by atoms with van der Waals surface area (Å²) in [5.41, 5.74) is 0.346. The average Bonchev–Trinajstić information content (AvgIpc) is 2.02. The van der Waals surface area contributed by atoms with Crippen molar-refractivity contribution >= 4 is 21.9 Å². The minimum atomic E-state index is -0.617. The molecule has 0 aromatic carbocycles. The molecule has 0 aliphatic heterocycles. The molecule has 0 saturated heterocycles. The summed E-state index contributed by atoms with van der Waals surface area (Å²) in [6.07, 6.45) is -0.0210. The average molecular weight is 248 g/mol. The summed E-state index contributed by atoms with van der Waals surface area (Å²) in [4.78, 5) is 14.3. The second kappa shape index (κ2) is 4.32. The van der Waals surface area contributed by atoms with E-state index in [9.17, 15) is 9.18 Å². The molecule has 0 N–H and O–H groups in total. The molecule has 0 fully saturated rings. The molecule has 5 heteroatoms. The zero-order valence-corrected chi connectivity index (χ0v) is 8.47. The van der Waals surface area contributed by atoms with Gasteiger partial charge < -0.3 is 4.74 Å². The smallest absolute Gasteiger partial charge is 0.311 e. The van der Waals surface area contributed by atoms with E-state index in [1.807, 2.05) is 0 Å². The number of rotatable bonds is 2. The van der Waals surface area contributed by atoms with Gasteiger partial charge in [-0.2, -0.15) is 4.39 Å². The van der Waals surface area contributed by atoms with Crippen molar-refractivity contribution in [3.63, 3.8) is 0 Å². The fourth-order valence-corrected chi connectivity index (χ4v) is 1.28. The SMILES string of the molecule is COC(=O)Cc1cc(Br)cc(F)n1. The lowest BCUT2D eigenvalue weighted by atomic mass is 10.3. The van der Waals surface area contributed by atoms with E-state index in [4.69, 9.17) is 0 Å². The minimum absolute atomic E-state index is 0.0210. The molecule has 0 spiro atoms. The standard InChI is InChI=1S/C8H7BrFNO2/c1-13-8(12)4-6-2-5(9)3-7(10)11-6/h2-3H,4H2,1H3. The number of ether oxygens (including phenoxy) is 1. The second-order valence-electron chi connectivity index (χ2n) is 2.35. The zero-order chi connectivity index (χ0) is 9.84.